The Bertz CT molecular complexity index is 688. The van der Waals surface area contributed by atoms with Gasteiger partial charge in [-0.3, -0.25) is 14.6 Å². The Labute approximate surface area is 127 Å². The van der Waals surface area contributed by atoms with Crippen molar-refractivity contribution in [3.05, 3.63) is 54.4 Å². The van der Waals surface area contributed by atoms with Gasteiger partial charge in [0.1, 0.15) is 5.75 Å². The summed E-state index contributed by atoms with van der Waals surface area (Å²) in [5.74, 6) is 0.227. The van der Waals surface area contributed by atoms with Crippen LogP contribution >= 0.6 is 0 Å². The second-order valence-electron chi connectivity index (χ2n) is 4.88. The number of hydrogen-bond acceptors (Lipinski definition) is 4. The Morgan fingerprint density at radius 2 is 2.14 bits per heavy atom. The van der Waals surface area contributed by atoms with Crippen LogP contribution in [0.15, 0.2) is 48.8 Å². The highest BCUT2D eigenvalue weighted by atomic mass is 16.5. The Hall–Kier alpha value is -2.89. The number of carbonyl (C=O) groups is 2. The smallest absolute Gasteiger partial charge is 0.265 e. The van der Waals surface area contributed by atoms with Crippen LogP contribution in [-0.4, -0.2) is 29.4 Å². The highest BCUT2D eigenvalue weighted by Crippen LogP contribution is 2.29. The number of fused-ring (bicyclic) bond motifs is 1. The van der Waals surface area contributed by atoms with E-state index in [1.54, 1.807) is 30.5 Å². The van der Waals surface area contributed by atoms with Crippen molar-refractivity contribution in [1.82, 2.24) is 10.3 Å². The van der Waals surface area contributed by atoms with Crippen LogP contribution in [0.4, 0.5) is 5.69 Å². The molecule has 0 saturated heterocycles. The van der Waals surface area contributed by atoms with E-state index in [0.717, 1.165) is 0 Å². The van der Waals surface area contributed by atoms with Gasteiger partial charge in [0.05, 0.1) is 11.3 Å². The van der Waals surface area contributed by atoms with Crippen molar-refractivity contribution in [3.63, 3.8) is 0 Å². The zero-order valence-corrected chi connectivity index (χ0v) is 11.8. The van der Waals surface area contributed by atoms with E-state index in [0.29, 0.717) is 30.0 Å². The van der Waals surface area contributed by atoms with Gasteiger partial charge in [0.25, 0.3) is 11.8 Å². The number of para-hydroxylation sites is 2. The third-order valence-corrected chi connectivity index (χ3v) is 3.32. The average Bonchev–Trinajstić information content (AvgIpc) is 2.56. The Morgan fingerprint density at radius 1 is 1.27 bits per heavy atom. The molecule has 1 aromatic heterocycles. The molecule has 0 bridgehead atoms. The minimum Gasteiger partial charge on any atom is -0.478 e. The number of nitrogens with zero attached hydrogens (tertiary/aromatic N) is 1. The van der Waals surface area contributed by atoms with Crippen molar-refractivity contribution in [3.8, 4) is 5.75 Å². The summed E-state index contributed by atoms with van der Waals surface area (Å²) in [5.41, 5.74) is 1.16. The standard InChI is InChI=1S/C16H15N3O3/c20-15(11-4-3-8-17-10-11)18-9-7-14-16(21)19-12-5-1-2-6-13(12)22-14/h1-6,8,10,14H,7,9H2,(H,18,20)(H,19,21). The average molecular weight is 297 g/mol. The van der Waals surface area contributed by atoms with Crippen molar-refractivity contribution in [1.29, 1.82) is 0 Å². The van der Waals surface area contributed by atoms with Gasteiger partial charge < -0.3 is 15.4 Å². The molecule has 6 nitrogen and oxygen atoms in total. The zero-order chi connectivity index (χ0) is 15.4. The van der Waals surface area contributed by atoms with Crippen molar-refractivity contribution < 1.29 is 14.3 Å². The van der Waals surface area contributed by atoms with Crippen molar-refractivity contribution in [2.24, 2.45) is 0 Å². The molecule has 0 saturated carbocycles. The number of ether oxygens (including phenoxy) is 1. The van der Waals surface area contributed by atoms with E-state index in [2.05, 4.69) is 15.6 Å². The van der Waals surface area contributed by atoms with Crippen LogP contribution in [0.3, 0.4) is 0 Å². The number of pyridine rings is 1. The monoisotopic (exact) mass is 297 g/mol. The molecule has 112 valence electrons. The number of aromatic nitrogens is 1. The van der Waals surface area contributed by atoms with E-state index < -0.39 is 6.10 Å². The second kappa shape index (κ2) is 6.26. The maximum Gasteiger partial charge on any atom is 0.265 e. The zero-order valence-electron chi connectivity index (χ0n) is 11.8. The van der Waals surface area contributed by atoms with Crippen LogP contribution in [0.25, 0.3) is 0 Å². The summed E-state index contributed by atoms with van der Waals surface area (Å²) in [6, 6.07) is 10.6. The highest BCUT2D eigenvalue weighted by molar-refractivity contribution is 5.98. The molecular weight excluding hydrogens is 282 g/mol. The van der Waals surface area contributed by atoms with E-state index in [1.165, 1.54) is 6.20 Å². The molecule has 2 aromatic rings. The molecule has 1 unspecified atom stereocenters. The summed E-state index contributed by atoms with van der Waals surface area (Å²) in [6.45, 7) is 0.341. The van der Waals surface area contributed by atoms with Gasteiger partial charge in [0, 0.05) is 25.4 Å². The van der Waals surface area contributed by atoms with Crippen LogP contribution in [-0.2, 0) is 4.79 Å². The Morgan fingerprint density at radius 3 is 2.95 bits per heavy atom. The molecular formula is C16H15N3O3. The number of carbonyl (C=O) groups excluding carboxylic acids is 2. The summed E-state index contributed by atoms with van der Waals surface area (Å²) >= 11 is 0. The van der Waals surface area contributed by atoms with Gasteiger partial charge in [0.2, 0.25) is 0 Å². The lowest BCUT2D eigenvalue weighted by Gasteiger charge is -2.25. The second-order valence-corrected chi connectivity index (χ2v) is 4.88. The SMILES string of the molecule is O=C(NCCC1Oc2ccccc2NC1=O)c1cccnc1. The topological polar surface area (TPSA) is 80.3 Å². The fraction of sp³-hybridized carbons (Fsp3) is 0.188. The van der Waals surface area contributed by atoms with E-state index in [1.807, 2.05) is 12.1 Å². The van der Waals surface area contributed by atoms with Crippen LogP contribution < -0.4 is 15.4 Å². The van der Waals surface area contributed by atoms with Crippen molar-refractivity contribution in [2.45, 2.75) is 12.5 Å². The predicted molar refractivity (Wildman–Crippen MR) is 80.7 cm³/mol. The van der Waals surface area contributed by atoms with E-state index in [-0.39, 0.29) is 11.8 Å². The maximum absolute atomic E-state index is 11.9. The largest absolute Gasteiger partial charge is 0.478 e. The van der Waals surface area contributed by atoms with Gasteiger partial charge in [-0.15, -0.1) is 0 Å². The first kappa shape index (κ1) is 14.1. The molecule has 0 spiro atoms. The van der Waals surface area contributed by atoms with Crippen LogP contribution in [0.5, 0.6) is 5.75 Å². The number of benzene rings is 1. The molecule has 0 fully saturated rings. The molecule has 2 amide bonds. The number of anilines is 1. The molecule has 0 aliphatic carbocycles. The Kier molecular flexibility index (Phi) is 4.00. The molecule has 1 atom stereocenters. The predicted octanol–water partition coefficient (Wildman–Crippen LogP) is 1.60. The summed E-state index contributed by atoms with van der Waals surface area (Å²) < 4.78 is 5.66. The lowest BCUT2D eigenvalue weighted by molar-refractivity contribution is -0.123. The van der Waals surface area contributed by atoms with Gasteiger partial charge in [-0.2, -0.15) is 0 Å². The molecule has 1 aromatic carbocycles. The molecule has 22 heavy (non-hydrogen) atoms. The number of rotatable bonds is 4. The molecule has 3 rings (SSSR count). The van der Waals surface area contributed by atoms with Crippen molar-refractivity contribution >= 4 is 17.5 Å². The third-order valence-electron chi connectivity index (χ3n) is 3.32. The molecule has 2 heterocycles. The van der Waals surface area contributed by atoms with Crippen LogP contribution in [0.1, 0.15) is 16.8 Å². The molecule has 1 aliphatic heterocycles. The number of amides is 2. The lowest BCUT2D eigenvalue weighted by atomic mass is 10.1. The lowest BCUT2D eigenvalue weighted by Crippen LogP contribution is -2.39. The molecule has 0 radical (unpaired) electrons. The van der Waals surface area contributed by atoms with Gasteiger partial charge in [-0.1, -0.05) is 12.1 Å². The third kappa shape index (κ3) is 3.06. The number of nitrogens with one attached hydrogen (secondary N) is 2. The van der Waals surface area contributed by atoms with E-state index in [4.69, 9.17) is 4.74 Å². The molecule has 6 heteroatoms. The number of hydrogen-bond donors (Lipinski definition) is 2. The summed E-state index contributed by atoms with van der Waals surface area (Å²) in [5, 5.41) is 5.54. The van der Waals surface area contributed by atoms with Gasteiger partial charge in [0.15, 0.2) is 6.10 Å². The van der Waals surface area contributed by atoms with Crippen LogP contribution in [0.2, 0.25) is 0 Å². The molecule has 1 aliphatic rings. The van der Waals surface area contributed by atoms with E-state index >= 15 is 0 Å². The summed E-state index contributed by atoms with van der Waals surface area (Å²) in [6.07, 6.45) is 2.89. The Balaban J connectivity index is 1.54. The minimum atomic E-state index is -0.607. The van der Waals surface area contributed by atoms with Crippen LogP contribution in [0, 0.1) is 0 Å². The maximum atomic E-state index is 11.9. The highest BCUT2D eigenvalue weighted by Gasteiger charge is 2.26. The fourth-order valence-corrected chi connectivity index (χ4v) is 2.20. The minimum absolute atomic E-state index is 0.200. The first-order chi connectivity index (χ1) is 10.7. The first-order valence-corrected chi connectivity index (χ1v) is 6.99. The first-order valence-electron chi connectivity index (χ1n) is 6.99. The van der Waals surface area contributed by atoms with Gasteiger partial charge in [-0.05, 0) is 24.3 Å². The fourth-order valence-electron chi connectivity index (χ4n) is 2.20. The normalized spacial score (nSPS) is 16.2. The molecule has 2 N–H and O–H groups in total. The summed E-state index contributed by atoms with van der Waals surface area (Å²) in [4.78, 5) is 27.7. The van der Waals surface area contributed by atoms with Gasteiger partial charge >= 0.3 is 0 Å². The van der Waals surface area contributed by atoms with Crippen molar-refractivity contribution in [2.75, 3.05) is 11.9 Å². The van der Waals surface area contributed by atoms with Gasteiger partial charge in [-0.25, -0.2) is 0 Å². The van der Waals surface area contributed by atoms with E-state index in [9.17, 15) is 9.59 Å². The summed E-state index contributed by atoms with van der Waals surface area (Å²) in [7, 11) is 0. The quantitative estimate of drug-likeness (QED) is 0.898.